The van der Waals surface area contributed by atoms with E-state index < -0.39 is 29.8 Å². The Kier molecular flexibility index (Phi) is 6.28. The number of ketones is 1. The Hall–Kier alpha value is -3.88. The number of amides is 4. The lowest BCUT2D eigenvalue weighted by Gasteiger charge is -2.25. The fourth-order valence-electron chi connectivity index (χ4n) is 3.95. The van der Waals surface area contributed by atoms with Gasteiger partial charge in [-0.1, -0.05) is 19.9 Å². The summed E-state index contributed by atoms with van der Waals surface area (Å²) < 4.78 is 11.1. The van der Waals surface area contributed by atoms with E-state index in [2.05, 4.69) is 10.6 Å². The minimum absolute atomic E-state index is 0.105. The van der Waals surface area contributed by atoms with E-state index in [0.717, 1.165) is 4.90 Å². The monoisotopic (exact) mass is 465 g/mol. The number of ether oxygens (including phenoxy) is 2. The Morgan fingerprint density at radius 1 is 1.06 bits per heavy atom. The second-order valence-corrected chi connectivity index (χ2v) is 8.95. The summed E-state index contributed by atoms with van der Waals surface area (Å²) in [7, 11) is 0. The van der Waals surface area contributed by atoms with Crippen LogP contribution in [0.1, 0.15) is 43.1 Å². The Morgan fingerprint density at radius 2 is 1.74 bits per heavy atom. The van der Waals surface area contributed by atoms with Crippen molar-refractivity contribution < 1.29 is 28.7 Å². The van der Waals surface area contributed by atoms with E-state index in [1.54, 1.807) is 49.4 Å². The maximum Gasteiger partial charge on any atom is 0.325 e. The number of carbonyl (C=O) groups excluding carboxylic acids is 4. The highest BCUT2D eigenvalue weighted by molar-refractivity contribution is 6.11. The summed E-state index contributed by atoms with van der Waals surface area (Å²) in [6.45, 7) is 5.95. The van der Waals surface area contributed by atoms with E-state index in [1.165, 1.54) is 0 Å². The molecule has 4 amide bonds. The highest BCUT2D eigenvalue weighted by atomic mass is 16.6. The number of benzene rings is 2. The van der Waals surface area contributed by atoms with Gasteiger partial charge in [-0.15, -0.1) is 0 Å². The summed E-state index contributed by atoms with van der Waals surface area (Å²) >= 11 is 0. The van der Waals surface area contributed by atoms with Crippen LogP contribution in [0.25, 0.3) is 0 Å². The molecule has 1 atom stereocenters. The molecule has 2 aliphatic rings. The Bertz CT molecular complexity index is 1140. The first-order valence-electron chi connectivity index (χ1n) is 11.1. The van der Waals surface area contributed by atoms with Crippen LogP contribution < -0.4 is 20.1 Å². The second kappa shape index (κ2) is 9.17. The van der Waals surface area contributed by atoms with Crippen LogP contribution in [0.3, 0.4) is 0 Å². The van der Waals surface area contributed by atoms with Crippen molar-refractivity contribution in [2.75, 3.05) is 25.1 Å². The first-order chi connectivity index (χ1) is 16.2. The van der Waals surface area contributed by atoms with Gasteiger partial charge in [0.1, 0.15) is 18.8 Å². The van der Waals surface area contributed by atoms with Gasteiger partial charge in [0, 0.05) is 17.7 Å². The molecule has 0 bridgehead atoms. The number of hydrogen-bond donors (Lipinski definition) is 2. The molecule has 1 fully saturated rings. The molecule has 4 rings (SSSR count). The Morgan fingerprint density at radius 3 is 2.41 bits per heavy atom. The second-order valence-electron chi connectivity index (χ2n) is 8.95. The molecule has 0 aromatic heterocycles. The molecule has 2 aromatic rings. The van der Waals surface area contributed by atoms with Gasteiger partial charge in [0.05, 0.1) is 6.54 Å². The van der Waals surface area contributed by atoms with Crippen molar-refractivity contribution >= 4 is 29.3 Å². The molecule has 178 valence electrons. The van der Waals surface area contributed by atoms with Gasteiger partial charge in [0.15, 0.2) is 17.3 Å². The minimum Gasteiger partial charge on any atom is -0.486 e. The molecule has 2 aromatic carbocycles. The Labute approximate surface area is 197 Å². The lowest BCUT2D eigenvalue weighted by molar-refractivity contribution is -0.130. The molecule has 2 N–H and O–H groups in total. The smallest absolute Gasteiger partial charge is 0.325 e. The SMILES string of the molecule is CC(C)CC(=O)Nc1ccc(C(=O)CN2C(=O)N[C@@](C)(c3ccc4c(c3)OCCO4)C2=O)cc1. The van der Waals surface area contributed by atoms with Crippen molar-refractivity contribution in [1.82, 2.24) is 10.2 Å². The summed E-state index contributed by atoms with van der Waals surface area (Å²) in [5.41, 5.74) is 0.0999. The number of anilines is 1. The van der Waals surface area contributed by atoms with E-state index in [0.29, 0.717) is 47.9 Å². The molecular formula is C25H27N3O6. The molecular weight excluding hydrogens is 438 g/mol. The number of imide groups is 1. The van der Waals surface area contributed by atoms with Gasteiger partial charge in [-0.05, 0) is 54.8 Å². The third-order valence-corrected chi connectivity index (χ3v) is 5.78. The summed E-state index contributed by atoms with van der Waals surface area (Å²) in [5, 5.41) is 5.48. The zero-order valence-corrected chi connectivity index (χ0v) is 19.3. The summed E-state index contributed by atoms with van der Waals surface area (Å²) in [5.74, 6) is 0.285. The molecule has 1 saturated heterocycles. The van der Waals surface area contributed by atoms with E-state index in [4.69, 9.17) is 9.47 Å². The molecule has 0 radical (unpaired) electrons. The largest absolute Gasteiger partial charge is 0.486 e. The van der Waals surface area contributed by atoms with E-state index in [9.17, 15) is 19.2 Å². The third-order valence-electron chi connectivity index (χ3n) is 5.78. The first-order valence-corrected chi connectivity index (χ1v) is 11.1. The molecule has 34 heavy (non-hydrogen) atoms. The number of hydrogen-bond acceptors (Lipinski definition) is 6. The summed E-state index contributed by atoms with van der Waals surface area (Å²) in [4.78, 5) is 51.5. The van der Waals surface area contributed by atoms with Gasteiger partial charge in [0.25, 0.3) is 5.91 Å². The van der Waals surface area contributed by atoms with Gasteiger partial charge >= 0.3 is 6.03 Å². The number of nitrogens with one attached hydrogen (secondary N) is 2. The zero-order chi connectivity index (χ0) is 24.5. The number of carbonyl (C=O) groups is 4. The molecule has 0 saturated carbocycles. The Balaban J connectivity index is 1.45. The van der Waals surface area contributed by atoms with Crippen LogP contribution in [-0.2, 0) is 15.1 Å². The number of urea groups is 1. The van der Waals surface area contributed by atoms with Crippen LogP contribution >= 0.6 is 0 Å². The highest BCUT2D eigenvalue weighted by Gasteiger charge is 2.49. The lowest BCUT2D eigenvalue weighted by atomic mass is 9.91. The van der Waals surface area contributed by atoms with Crippen LogP contribution in [0.5, 0.6) is 11.5 Å². The third kappa shape index (κ3) is 4.59. The normalized spacial score (nSPS) is 19.2. The predicted molar refractivity (Wildman–Crippen MR) is 124 cm³/mol. The first kappa shape index (κ1) is 23.3. The van der Waals surface area contributed by atoms with Crippen molar-refractivity contribution in [2.45, 2.75) is 32.7 Å². The minimum atomic E-state index is -1.34. The molecule has 2 heterocycles. The topological polar surface area (TPSA) is 114 Å². The zero-order valence-electron chi connectivity index (χ0n) is 19.3. The molecule has 9 heteroatoms. The molecule has 2 aliphatic heterocycles. The van der Waals surface area contributed by atoms with Gasteiger partial charge in [-0.3, -0.25) is 19.3 Å². The number of rotatable bonds is 7. The van der Waals surface area contributed by atoms with E-state index >= 15 is 0 Å². The molecule has 0 aliphatic carbocycles. The van der Waals surface area contributed by atoms with Gasteiger partial charge < -0.3 is 20.1 Å². The van der Waals surface area contributed by atoms with Crippen molar-refractivity contribution in [3.05, 3.63) is 53.6 Å². The number of nitrogens with zero attached hydrogens (tertiary/aromatic N) is 1. The van der Waals surface area contributed by atoms with Gasteiger partial charge in [-0.2, -0.15) is 0 Å². The van der Waals surface area contributed by atoms with E-state index in [-0.39, 0.29) is 11.8 Å². The van der Waals surface area contributed by atoms with Crippen LogP contribution in [0.15, 0.2) is 42.5 Å². The van der Waals surface area contributed by atoms with Gasteiger partial charge in [0.2, 0.25) is 5.91 Å². The average Bonchev–Trinajstić information content (AvgIpc) is 3.02. The van der Waals surface area contributed by atoms with Crippen molar-refractivity contribution in [1.29, 1.82) is 0 Å². The van der Waals surface area contributed by atoms with E-state index in [1.807, 2.05) is 13.8 Å². The highest BCUT2D eigenvalue weighted by Crippen LogP contribution is 2.36. The van der Waals surface area contributed by atoms with Crippen molar-refractivity contribution in [3.8, 4) is 11.5 Å². The van der Waals surface area contributed by atoms with Crippen LogP contribution in [0.4, 0.5) is 10.5 Å². The standard InChI is InChI=1S/C25H27N3O6/c1-15(2)12-22(30)26-18-7-4-16(5-8-18)19(29)14-28-23(31)25(3,27-24(28)32)17-6-9-20-21(13-17)34-11-10-33-20/h4-9,13,15H,10-12,14H2,1-3H3,(H,26,30)(H,27,32)/t25-/m0/s1. The predicted octanol–water partition coefficient (Wildman–Crippen LogP) is 3.09. The number of Topliss-reactive ketones (excluding diaryl/α,β-unsaturated/α-hetero) is 1. The lowest BCUT2D eigenvalue weighted by Crippen LogP contribution is -2.41. The molecule has 0 unspecified atom stereocenters. The van der Waals surface area contributed by atoms with Crippen molar-refractivity contribution in [2.24, 2.45) is 5.92 Å². The van der Waals surface area contributed by atoms with Crippen molar-refractivity contribution in [3.63, 3.8) is 0 Å². The number of fused-ring (bicyclic) bond motifs is 1. The average molecular weight is 466 g/mol. The maximum absolute atomic E-state index is 13.2. The van der Waals surface area contributed by atoms with Crippen LogP contribution in [0, 0.1) is 5.92 Å². The van der Waals surface area contributed by atoms with Crippen LogP contribution in [0.2, 0.25) is 0 Å². The van der Waals surface area contributed by atoms with Gasteiger partial charge in [-0.25, -0.2) is 4.79 Å². The summed E-state index contributed by atoms with van der Waals surface area (Å²) in [6.07, 6.45) is 0.398. The van der Waals surface area contributed by atoms with Crippen LogP contribution in [-0.4, -0.2) is 48.3 Å². The molecule has 9 nitrogen and oxygen atoms in total. The molecule has 0 spiro atoms. The fraction of sp³-hybridized carbons (Fsp3) is 0.360. The summed E-state index contributed by atoms with van der Waals surface area (Å²) in [6, 6.07) is 10.8. The quantitative estimate of drug-likeness (QED) is 0.480. The fourth-order valence-corrected chi connectivity index (χ4v) is 3.95. The maximum atomic E-state index is 13.2.